The van der Waals surface area contributed by atoms with Crippen molar-refractivity contribution < 1.29 is 33.5 Å². The molecule has 0 bridgehead atoms. The minimum atomic E-state index is -0.573. The first kappa shape index (κ1) is 29.4. The highest BCUT2D eigenvalue weighted by atomic mass is 32.2. The van der Waals surface area contributed by atoms with Gasteiger partial charge < -0.3 is 26.0 Å². The Morgan fingerprint density at radius 2 is 1.53 bits per heavy atom. The molecular formula is C21H35N5O7S. The Balaban J connectivity index is 2.17. The van der Waals surface area contributed by atoms with Crippen LogP contribution in [0.15, 0.2) is 0 Å². The number of carbonyl (C=O) groups is 6. The maximum Gasteiger partial charge on any atom is 0.242 e. The zero-order valence-electron chi connectivity index (χ0n) is 19.9. The van der Waals surface area contributed by atoms with Gasteiger partial charge in [0.15, 0.2) is 0 Å². The van der Waals surface area contributed by atoms with E-state index in [0.29, 0.717) is 6.42 Å². The fourth-order valence-electron chi connectivity index (χ4n) is 3.16. The topological polar surface area (TPSA) is 163 Å². The van der Waals surface area contributed by atoms with Gasteiger partial charge in [0.2, 0.25) is 35.4 Å². The molecular weight excluding hydrogens is 466 g/mol. The molecule has 1 atom stereocenters. The lowest BCUT2D eigenvalue weighted by atomic mass is 10.1. The van der Waals surface area contributed by atoms with E-state index in [9.17, 15) is 28.8 Å². The Morgan fingerprint density at radius 1 is 0.971 bits per heavy atom. The number of nitrogens with zero attached hydrogens (tertiary/aromatic N) is 1. The molecule has 0 saturated carbocycles. The Bertz CT molecular complexity index is 731. The third-order valence-corrected chi connectivity index (χ3v) is 6.04. The summed E-state index contributed by atoms with van der Waals surface area (Å²) in [6.07, 6.45) is 2.07. The van der Waals surface area contributed by atoms with Crippen LogP contribution in [0.4, 0.5) is 0 Å². The van der Waals surface area contributed by atoms with E-state index in [2.05, 4.69) is 21.3 Å². The van der Waals surface area contributed by atoms with Crippen molar-refractivity contribution in [1.82, 2.24) is 26.2 Å². The lowest BCUT2D eigenvalue weighted by Gasteiger charge is -2.16. The van der Waals surface area contributed by atoms with Gasteiger partial charge in [-0.2, -0.15) is 11.8 Å². The van der Waals surface area contributed by atoms with Crippen molar-refractivity contribution in [2.75, 3.05) is 46.6 Å². The van der Waals surface area contributed by atoms with Crippen molar-refractivity contribution in [3.05, 3.63) is 0 Å². The van der Waals surface area contributed by atoms with E-state index in [4.69, 9.17) is 4.74 Å². The lowest BCUT2D eigenvalue weighted by Crippen LogP contribution is -2.38. The summed E-state index contributed by atoms with van der Waals surface area (Å²) in [6.45, 7) is 0.718. The number of thioether (sulfide) groups is 1. The molecule has 1 aliphatic rings. The molecule has 0 aliphatic carbocycles. The number of hydrogen-bond donors (Lipinski definition) is 4. The number of amides is 6. The van der Waals surface area contributed by atoms with Gasteiger partial charge in [-0.05, 0) is 12.7 Å². The van der Waals surface area contributed by atoms with Crippen molar-refractivity contribution in [2.24, 2.45) is 0 Å². The summed E-state index contributed by atoms with van der Waals surface area (Å²) in [5, 5.41) is 9.91. The fourth-order valence-corrected chi connectivity index (χ4v) is 3.79. The standard InChI is InChI=1S/C21H35N5O7S/c1-22-18(29)11-14(12-19(30)23-2)33-10-4-5-16(27)24-7-8-25-17(28)6-9-26-20(31)13-15(34-3)21(26)32/h14-15H,4-13H2,1-3H3,(H,22,29)(H,23,30)(H,24,27)(H,25,28). The van der Waals surface area contributed by atoms with Gasteiger partial charge in [-0.3, -0.25) is 33.7 Å². The molecule has 1 heterocycles. The summed E-state index contributed by atoms with van der Waals surface area (Å²) in [5.41, 5.74) is 0. The quantitative estimate of drug-likeness (QED) is 0.147. The molecule has 6 amide bonds. The molecule has 1 aliphatic heterocycles. The summed E-state index contributed by atoms with van der Waals surface area (Å²) in [6, 6.07) is 0. The van der Waals surface area contributed by atoms with E-state index in [1.54, 1.807) is 6.26 Å². The highest BCUT2D eigenvalue weighted by Crippen LogP contribution is 2.22. The molecule has 0 radical (unpaired) electrons. The van der Waals surface area contributed by atoms with Crippen LogP contribution in [-0.2, 0) is 33.5 Å². The first-order chi connectivity index (χ1) is 16.2. The van der Waals surface area contributed by atoms with Crippen molar-refractivity contribution >= 4 is 47.2 Å². The van der Waals surface area contributed by atoms with Gasteiger partial charge in [-0.1, -0.05) is 0 Å². The van der Waals surface area contributed by atoms with Crippen LogP contribution in [0.1, 0.15) is 38.5 Å². The summed E-state index contributed by atoms with van der Waals surface area (Å²) in [7, 11) is 3.00. The van der Waals surface area contributed by atoms with E-state index in [-0.39, 0.29) is 99.0 Å². The number of ether oxygens (including phenoxy) is 1. The molecule has 192 valence electrons. The Morgan fingerprint density at radius 3 is 2.03 bits per heavy atom. The van der Waals surface area contributed by atoms with Crippen LogP contribution in [0.3, 0.4) is 0 Å². The highest BCUT2D eigenvalue weighted by Gasteiger charge is 2.37. The second-order valence-corrected chi connectivity index (χ2v) is 8.65. The zero-order chi connectivity index (χ0) is 25.5. The van der Waals surface area contributed by atoms with E-state index in [0.717, 1.165) is 4.90 Å². The fraction of sp³-hybridized carbons (Fsp3) is 0.714. The molecule has 1 unspecified atom stereocenters. The molecule has 34 heavy (non-hydrogen) atoms. The maximum absolute atomic E-state index is 12.0. The van der Waals surface area contributed by atoms with Crippen LogP contribution >= 0.6 is 11.8 Å². The Labute approximate surface area is 203 Å². The van der Waals surface area contributed by atoms with Gasteiger partial charge in [0.05, 0.1) is 24.2 Å². The number of hydrogen-bond acceptors (Lipinski definition) is 8. The van der Waals surface area contributed by atoms with Gasteiger partial charge in [0, 0.05) is 59.6 Å². The van der Waals surface area contributed by atoms with Gasteiger partial charge in [-0.15, -0.1) is 0 Å². The van der Waals surface area contributed by atoms with Crippen LogP contribution in [-0.4, -0.2) is 98.3 Å². The average Bonchev–Trinajstić information content (AvgIpc) is 3.09. The number of nitrogens with one attached hydrogen (secondary N) is 4. The van der Waals surface area contributed by atoms with Crippen LogP contribution in [0.5, 0.6) is 0 Å². The highest BCUT2D eigenvalue weighted by molar-refractivity contribution is 8.00. The van der Waals surface area contributed by atoms with E-state index in [1.165, 1.54) is 25.9 Å². The lowest BCUT2D eigenvalue weighted by molar-refractivity contribution is -0.138. The molecule has 13 heteroatoms. The molecule has 0 aromatic carbocycles. The molecule has 1 saturated heterocycles. The molecule has 1 fully saturated rings. The van der Waals surface area contributed by atoms with Gasteiger partial charge in [0.1, 0.15) is 0 Å². The monoisotopic (exact) mass is 501 g/mol. The van der Waals surface area contributed by atoms with Gasteiger partial charge in [-0.25, -0.2) is 0 Å². The summed E-state index contributed by atoms with van der Waals surface area (Å²) in [4.78, 5) is 71.9. The number of rotatable bonds is 16. The Hall–Kier alpha value is -2.67. The predicted molar refractivity (Wildman–Crippen MR) is 126 cm³/mol. The third-order valence-electron chi connectivity index (χ3n) is 5.10. The molecule has 4 N–H and O–H groups in total. The van der Waals surface area contributed by atoms with Gasteiger partial charge >= 0.3 is 0 Å². The molecule has 0 spiro atoms. The zero-order valence-corrected chi connectivity index (χ0v) is 20.8. The minimum Gasteiger partial charge on any atom is -0.377 e. The largest absolute Gasteiger partial charge is 0.377 e. The van der Waals surface area contributed by atoms with Crippen molar-refractivity contribution in [2.45, 2.75) is 49.9 Å². The normalized spacial score (nSPS) is 15.4. The number of carbonyl (C=O) groups excluding carboxylic acids is 6. The predicted octanol–water partition coefficient (Wildman–Crippen LogP) is -1.46. The van der Waals surface area contributed by atoms with Crippen molar-refractivity contribution in [1.29, 1.82) is 0 Å². The van der Waals surface area contributed by atoms with E-state index < -0.39 is 6.10 Å². The number of likely N-dealkylation sites (tertiary alicyclic amines) is 1. The van der Waals surface area contributed by atoms with Crippen molar-refractivity contribution in [3.63, 3.8) is 0 Å². The summed E-state index contributed by atoms with van der Waals surface area (Å²) >= 11 is 1.32. The number of imide groups is 1. The van der Waals surface area contributed by atoms with E-state index >= 15 is 0 Å². The van der Waals surface area contributed by atoms with E-state index in [1.807, 2.05) is 0 Å². The molecule has 0 aromatic rings. The first-order valence-electron chi connectivity index (χ1n) is 11.1. The molecule has 0 aromatic heterocycles. The summed E-state index contributed by atoms with van der Waals surface area (Å²) < 4.78 is 5.58. The maximum atomic E-state index is 12.0. The van der Waals surface area contributed by atoms with Crippen LogP contribution in [0.25, 0.3) is 0 Å². The molecule has 1 rings (SSSR count). The SMILES string of the molecule is CNC(=O)CC(CC(=O)NC)OCCCC(=O)NCCNC(=O)CCN1C(=O)CC(SC)C1=O. The minimum absolute atomic E-state index is 0.0111. The molecule has 12 nitrogen and oxygen atoms in total. The van der Waals surface area contributed by atoms with Gasteiger partial charge in [0.25, 0.3) is 0 Å². The smallest absolute Gasteiger partial charge is 0.242 e. The third kappa shape index (κ3) is 11.0. The average molecular weight is 502 g/mol. The van der Waals surface area contributed by atoms with Crippen molar-refractivity contribution in [3.8, 4) is 0 Å². The second kappa shape index (κ2) is 16.0. The van der Waals surface area contributed by atoms with Crippen LogP contribution in [0.2, 0.25) is 0 Å². The first-order valence-corrected chi connectivity index (χ1v) is 12.4. The Kier molecular flexibility index (Phi) is 13.9. The van der Waals surface area contributed by atoms with Crippen LogP contribution in [0, 0.1) is 0 Å². The second-order valence-electron chi connectivity index (χ2n) is 7.61. The van der Waals surface area contributed by atoms with Crippen LogP contribution < -0.4 is 21.3 Å². The summed E-state index contributed by atoms with van der Waals surface area (Å²) in [5.74, 6) is -1.53.